The second-order valence-corrected chi connectivity index (χ2v) is 7.74. The van der Waals surface area contributed by atoms with Gasteiger partial charge in [-0.2, -0.15) is 0 Å². The average Bonchev–Trinajstić information content (AvgIpc) is 2.85. The smallest absolute Gasteiger partial charge is 0.261 e. The summed E-state index contributed by atoms with van der Waals surface area (Å²) < 4.78 is 12.1. The van der Waals surface area contributed by atoms with E-state index in [0.29, 0.717) is 48.3 Å². The highest BCUT2D eigenvalue weighted by Gasteiger charge is 2.15. The van der Waals surface area contributed by atoms with E-state index in [2.05, 4.69) is 11.1 Å². The maximum Gasteiger partial charge on any atom is 0.261 e. The van der Waals surface area contributed by atoms with Crippen molar-refractivity contribution in [2.24, 2.45) is 0 Å². The van der Waals surface area contributed by atoms with E-state index in [4.69, 9.17) is 9.47 Å². The summed E-state index contributed by atoms with van der Waals surface area (Å²) in [6.07, 6.45) is 2.38. The van der Waals surface area contributed by atoms with Gasteiger partial charge in [-0.25, -0.2) is 4.98 Å². The van der Waals surface area contributed by atoms with Gasteiger partial charge in [-0.1, -0.05) is 30.3 Å². The van der Waals surface area contributed by atoms with E-state index >= 15 is 0 Å². The first-order chi connectivity index (χ1) is 16.0. The van der Waals surface area contributed by atoms with Crippen molar-refractivity contribution in [1.82, 2.24) is 9.55 Å². The van der Waals surface area contributed by atoms with Crippen LogP contribution in [-0.2, 0) is 11.3 Å². The number of fused-ring (bicyclic) bond motifs is 2. The fraction of sp³-hybridized carbons (Fsp3) is 0.269. The zero-order chi connectivity index (χ0) is 23.4. The van der Waals surface area contributed by atoms with Crippen molar-refractivity contribution in [3.63, 3.8) is 0 Å². The van der Waals surface area contributed by atoms with Gasteiger partial charge in [0.15, 0.2) is 11.5 Å². The molecule has 0 saturated carbocycles. The normalized spacial score (nSPS) is 11.0. The van der Waals surface area contributed by atoms with Gasteiger partial charge in [0, 0.05) is 31.3 Å². The molecule has 0 aliphatic carbocycles. The molecule has 0 atom stereocenters. The van der Waals surface area contributed by atoms with Crippen LogP contribution in [0.25, 0.3) is 21.7 Å². The molecule has 1 heterocycles. The SMILES string of the molecule is CCN(C(=O)CCCn1cnc2cc(OC)c(OC)cc2c1=O)c1ccc2ccccc2c1. The molecule has 0 radical (unpaired) electrons. The monoisotopic (exact) mass is 445 g/mol. The molecule has 0 aliphatic heterocycles. The van der Waals surface area contributed by atoms with Crippen molar-refractivity contribution in [2.45, 2.75) is 26.3 Å². The number of hydrogen-bond donors (Lipinski definition) is 0. The van der Waals surface area contributed by atoms with E-state index in [9.17, 15) is 9.59 Å². The lowest BCUT2D eigenvalue weighted by molar-refractivity contribution is -0.118. The van der Waals surface area contributed by atoms with E-state index in [1.807, 2.05) is 43.3 Å². The predicted molar refractivity (Wildman–Crippen MR) is 130 cm³/mol. The van der Waals surface area contributed by atoms with Crippen molar-refractivity contribution in [3.8, 4) is 11.5 Å². The Labute approximate surface area is 192 Å². The minimum Gasteiger partial charge on any atom is -0.493 e. The van der Waals surface area contributed by atoms with E-state index in [-0.39, 0.29) is 11.5 Å². The lowest BCUT2D eigenvalue weighted by Gasteiger charge is -2.21. The Morgan fingerprint density at radius 2 is 1.73 bits per heavy atom. The summed E-state index contributed by atoms with van der Waals surface area (Å²) in [4.78, 5) is 32.1. The van der Waals surface area contributed by atoms with Crippen LogP contribution in [0.4, 0.5) is 5.69 Å². The fourth-order valence-corrected chi connectivity index (χ4v) is 4.03. The third-order valence-electron chi connectivity index (χ3n) is 5.78. The van der Waals surface area contributed by atoms with Gasteiger partial charge in [-0.3, -0.25) is 14.2 Å². The Bertz CT molecular complexity index is 1360. The van der Waals surface area contributed by atoms with Crippen molar-refractivity contribution >= 4 is 33.3 Å². The number of hydrogen-bond acceptors (Lipinski definition) is 5. The fourth-order valence-electron chi connectivity index (χ4n) is 4.03. The molecule has 0 saturated heterocycles. The molecule has 0 aliphatic rings. The Balaban J connectivity index is 1.47. The van der Waals surface area contributed by atoms with Gasteiger partial charge in [0.05, 0.1) is 31.4 Å². The highest BCUT2D eigenvalue weighted by atomic mass is 16.5. The number of ether oxygens (including phenoxy) is 2. The number of nitrogens with zero attached hydrogens (tertiary/aromatic N) is 3. The van der Waals surface area contributed by atoms with Gasteiger partial charge in [0.25, 0.3) is 5.56 Å². The number of methoxy groups -OCH3 is 2. The maximum absolute atomic E-state index is 12.9. The van der Waals surface area contributed by atoms with Gasteiger partial charge < -0.3 is 14.4 Å². The van der Waals surface area contributed by atoms with Crippen molar-refractivity contribution in [2.75, 3.05) is 25.7 Å². The van der Waals surface area contributed by atoms with Crippen LogP contribution in [0, 0.1) is 0 Å². The van der Waals surface area contributed by atoms with E-state index in [0.717, 1.165) is 16.5 Å². The van der Waals surface area contributed by atoms with Crippen molar-refractivity contribution in [1.29, 1.82) is 0 Å². The Morgan fingerprint density at radius 3 is 2.45 bits per heavy atom. The van der Waals surface area contributed by atoms with Crippen LogP contribution in [0.1, 0.15) is 19.8 Å². The molecule has 0 N–H and O–H groups in total. The van der Waals surface area contributed by atoms with E-state index in [1.165, 1.54) is 18.0 Å². The number of aromatic nitrogens is 2. The molecule has 4 aromatic rings. The third-order valence-corrected chi connectivity index (χ3v) is 5.78. The number of aryl methyl sites for hydroxylation is 1. The molecular weight excluding hydrogens is 418 g/mol. The molecule has 3 aromatic carbocycles. The summed E-state index contributed by atoms with van der Waals surface area (Å²) >= 11 is 0. The molecule has 33 heavy (non-hydrogen) atoms. The number of benzene rings is 3. The van der Waals surface area contributed by atoms with Crippen LogP contribution in [0.3, 0.4) is 0 Å². The lowest BCUT2D eigenvalue weighted by atomic mass is 10.1. The van der Waals surface area contributed by atoms with E-state index < -0.39 is 0 Å². The van der Waals surface area contributed by atoms with Crippen molar-refractivity contribution in [3.05, 3.63) is 71.3 Å². The second kappa shape index (κ2) is 9.73. The number of carbonyl (C=O) groups excluding carboxylic acids is 1. The Hall–Kier alpha value is -3.87. The first kappa shape index (κ1) is 22.3. The van der Waals surface area contributed by atoms with Crippen LogP contribution < -0.4 is 19.9 Å². The zero-order valence-corrected chi connectivity index (χ0v) is 19.1. The summed E-state index contributed by atoms with van der Waals surface area (Å²) in [7, 11) is 3.07. The van der Waals surface area contributed by atoms with Gasteiger partial charge in [-0.05, 0) is 42.3 Å². The number of anilines is 1. The number of carbonyl (C=O) groups is 1. The van der Waals surface area contributed by atoms with Gasteiger partial charge >= 0.3 is 0 Å². The van der Waals surface area contributed by atoms with Crippen molar-refractivity contribution < 1.29 is 14.3 Å². The third kappa shape index (κ3) is 4.53. The first-order valence-corrected chi connectivity index (χ1v) is 11.0. The molecular formula is C26H27N3O4. The molecule has 0 spiro atoms. The van der Waals surface area contributed by atoms with Gasteiger partial charge in [0.2, 0.25) is 5.91 Å². The van der Waals surface area contributed by atoms with Gasteiger partial charge in [0.1, 0.15) is 0 Å². The lowest BCUT2D eigenvalue weighted by Crippen LogP contribution is -2.31. The second-order valence-electron chi connectivity index (χ2n) is 7.74. The molecule has 4 rings (SSSR count). The standard InChI is InChI=1S/C26H27N3O4/c1-4-29(20-12-11-18-8-5-6-9-19(18)14-20)25(30)10-7-13-28-17-27-22-16-24(33-3)23(32-2)15-21(22)26(28)31/h5-6,8-9,11-12,14-17H,4,7,10,13H2,1-3H3. The summed E-state index contributed by atoms with van der Waals surface area (Å²) in [5, 5.41) is 2.69. The average molecular weight is 446 g/mol. The quantitative estimate of drug-likeness (QED) is 0.402. The number of rotatable bonds is 8. The topological polar surface area (TPSA) is 73.7 Å². The Kier molecular flexibility index (Phi) is 6.58. The van der Waals surface area contributed by atoms with Crippen LogP contribution in [0.5, 0.6) is 11.5 Å². The summed E-state index contributed by atoms with van der Waals surface area (Å²) in [5.74, 6) is 1.03. The number of amides is 1. The molecule has 0 fully saturated rings. The molecule has 0 unspecified atom stereocenters. The van der Waals surface area contributed by atoms with Crippen LogP contribution in [0.15, 0.2) is 65.7 Å². The molecule has 170 valence electrons. The maximum atomic E-state index is 12.9. The summed E-state index contributed by atoms with van der Waals surface area (Å²) in [6.45, 7) is 2.94. The van der Waals surface area contributed by atoms with Crippen LogP contribution in [-0.4, -0.2) is 36.2 Å². The van der Waals surface area contributed by atoms with Gasteiger partial charge in [-0.15, -0.1) is 0 Å². The highest BCUT2D eigenvalue weighted by Crippen LogP contribution is 2.30. The minimum atomic E-state index is -0.171. The zero-order valence-electron chi connectivity index (χ0n) is 19.1. The predicted octanol–water partition coefficient (Wildman–Crippen LogP) is 4.40. The Morgan fingerprint density at radius 1 is 1.00 bits per heavy atom. The molecule has 1 amide bonds. The molecule has 0 bridgehead atoms. The minimum absolute atomic E-state index is 0.0287. The van der Waals surface area contributed by atoms with Crippen LogP contribution in [0.2, 0.25) is 0 Å². The summed E-state index contributed by atoms with van der Waals surface area (Å²) in [5.41, 5.74) is 1.25. The highest BCUT2D eigenvalue weighted by molar-refractivity contribution is 5.96. The molecule has 7 nitrogen and oxygen atoms in total. The molecule has 1 aromatic heterocycles. The largest absolute Gasteiger partial charge is 0.493 e. The summed E-state index contributed by atoms with van der Waals surface area (Å²) in [6, 6.07) is 17.5. The van der Waals surface area contributed by atoms with E-state index in [1.54, 1.807) is 24.1 Å². The molecule has 7 heteroatoms. The first-order valence-electron chi connectivity index (χ1n) is 11.0. The van der Waals surface area contributed by atoms with Crippen LogP contribution >= 0.6 is 0 Å².